The van der Waals surface area contributed by atoms with Crippen molar-refractivity contribution in [2.75, 3.05) is 13.7 Å². The standard InChI is InChI=1S/C15H31NO/c1-5-13(3)14(16-6-2)15(17-4)11-9-7-8-10-12-15/h13-14,16H,5-12H2,1-4H3. The maximum absolute atomic E-state index is 6.03. The number of hydrogen-bond acceptors (Lipinski definition) is 2. The quantitative estimate of drug-likeness (QED) is 0.715. The first-order chi connectivity index (χ1) is 8.20. The van der Waals surface area contributed by atoms with Crippen molar-refractivity contribution >= 4 is 0 Å². The maximum atomic E-state index is 6.03. The summed E-state index contributed by atoms with van der Waals surface area (Å²) in [5, 5.41) is 3.70. The molecule has 0 aromatic heterocycles. The van der Waals surface area contributed by atoms with E-state index in [0.717, 1.165) is 6.54 Å². The molecule has 0 radical (unpaired) electrons. The number of nitrogens with one attached hydrogen (secondary N) is 1. The normalized spacial score (nSPS) is 24.0. The third-order valence-corrected chi connectivity index (χ3v) is 4.56. The Labute approximate surface area is 108 Å². The van der Waals surface area contributed by atoms with Gasteiger partial charge in [-0.3, -0.25) is 0 Å². The molecule has 2 unspecified atom stereocenters. The lowest BCUT2D eigenvalue weighted by molar-refractivity contribution is -0.0661. The van der Waals surface area contributed by atoms with Gasteiger partial charge in [0.1, 0.15) is 0 Å². The summed E-state index contributed by atoms with van der Waals surface area (Å²) < 4.78 is 6.03. The molecule has 2 atom stereocenters. The summed E-state index contributed by atoms with van der Waals surface area (Å²) in [5.74, 6) is 0.688. The van der Waals surface area contributed by atoms with Gasteiger partial charge in [-0.1, -0.05) is 52.9 Å². The molecule has 102 valence electrons. The molecule has 1 aliphatic carbocycles. The van der Waals surface area contributed by atoms with Gasteiger partial charge in [0, 0.05) is 13.2 Å². The van der Waals surface area contributed by atoms with Crippen LogP contribution >= 0.6 is 0 Å². The van der Waals surface area contributed by atoms with Crippen LogP contribution < -0.4 is 5.32 Å². The van der Waals surface area contributed by atoms with Gasteiger partial charge in [-0.2, -0.15) is 0 Å². The van der Waals surface area contributed by atoms with E-state index in [1.54, 1.807) is 0 Å². The van der Waals surface area contributed by atoms with Gasteiger partial charge >= 0.3 is 0 Å². The number of hydrogen-bond donors (Lipinski definition) is 1. The molecular formula is C15H31NO. The summed E-state index contributed by atoms with van der Waals surface area (Å²) in [5.41, 5.74) is 0.0853. The van der Waals surface area contributed by atoms with Gasteiger partial charge in [-0.05, 0) is 25.3 Å². The highest BCUT2D eigenvalue weighted by atomic mass is 16.5. The third-order valence-electron chi connectivity index (χ3n) is 4.56. The Morgan fingerprint density at radius 3 is 2.12 bits per heavy atom. The van der Waals surface area contributed by atoms with Crippen molar-refractivity contribution in [1.82, 2.24) is 5.32 Å². The van der Waals surface area contributed by atoms with Crippen molar-refractivity contribution in [2.24, 2.45) is 5.92 Å². The fourth-order valence-electron chi connectivity index (χ4n) is 3.33. The van der Waals surface area contributed by atoms with E-state index in [-0.39, 0.29) is 5.60 Å². The predicted octanol–water partition coefficient (Wildman–Crippen LogP) is 3.75. The minimum Gasteiger partial charge on any atom is -0.377 e. The van der Waals surface area contributed by atoms with Gasteiger partial charge in [0.2, 0.25) is 0 Å². The Hall–Kier alpha value is -0.0800. The summed E-state index contributed by atoms with van der Waals surface area (Å²) in [6, 6.07) is 0.514. The first-order valence-corrected chi connectivity index (χ1v) is 7.48. The Kier molecular flexibility index (Phi) is 6.50. The van der Waals surface area contributed by atoms with Crippen LogP contribution in [0.1, 0.15) is 65.7 Å². The van der Waals surface area contributed by atoms with Crippen LogP contribution in [0.25, 0.3) is 0 Å². The van der Waals surface area contributed by atoms with Crippen LogP contribution in [0.5, 0.6) is 0 Å². The topological polar surface area (TPSA) is 21.3 Å². The highest BCUT2D eigenvalue weighted by Gasteiger charge is 2.40. The molecule has 17 heavy (non-hydrogen) atoms. The average molecular weight is 241 g/mol. The highest BCUT2D eigenvalue weighted by Crippen LogP contribution is 2.36. The minimum atomic E-state index is 0.0853. The molecule has 0 heterocycles. The van der Waals surface area contributed by atoms with Gasteiger partial charge in [-0.15, -0.1) is 0 Å². The monoisotopic (exact) mass is 241 g/mol. The van der Waals surface area contributed by atoms with Crippen LogP contribution in [0.3, 0.4) is 0 Å². The van der Waals surface area contributed by atoms with E-state index in [1.165, 1.54) is 44.9 Å². The molecule has 1 N–H and O–H groups in total. The van der Waals surface area contributed by atoms with E-state index < -0.39 is 0 Å². The Balaban J connectivity index is 2.83. The highest BCUT2D eigenvalue weighted by molar-refractivity contribution is 4.96. The second-order valence-corrected chi connectivity index (χ2v) is 5.60. The van der Waals surface area contributed by atoms with Gasteiger partial charge < -0.3 is 10.1 Å². The average Bonchev–Trinajstić information content (AvgIpc) is 2.61. The molecule has 2 heteroatoms. The molecule has 0 amide bonds. The summed E-state index contributed by atoms with van der Waals surface area (Å²) in [7, 11) is 1.91. The predicted molar refractivity (Wildman–Crippen MR) is 74.4 cm³/mol. The van der Waals surface area contributed by atoms with E-state index in [0.29, 0.717) is 12.0 Å². The fourth-order valence-corrected chi connectivity index (χ4v) is 3.33. The van der Waals surface area contributed by atoms with Crippen molar-refractivity contribution in [2.45, 2.75) is 77.4 Å². The van der Waals surface area contributed by atoms with Crippen molar-refractivity contribution in [3.8, 4) is 0 Å². The second-order valence-electron chi connectivity index (χ2n) is 5.60. The molecule has 1 rings (SSSR count). The zero-order valence-electron chi connectivity index (χ0n) is 12.2. The van der Waals surface area contributed by atoms with Crippen LogP contribution in [0.15, 0.2) is 0 Å². The summed E-state index contributed by atoms with van der Waals surface area (Å²) in [6.07, 6.45) is 9.09. The maximum Gasteiger partial charge on any atom is 0.0833 e. The molecular weight excluding hydrogens is 210 g/mol. The van der Waals surface area contributed by atoms with E-state index >= 15 is 0 Å². The lowest BCUT2D eigenvalue weighted by atomic mass is 9.78. The van der Waals surface area contributed by atoms with Crippen molar-refractivity contribution in [3.05, 3.63) is 0 Å². The number of ether oxygens (including phenoxy) is 1. The summed E-state index contributed by atoms with van der Waals surface area (Å²) >= 11 is 0. The van der Waals surface area contributed by atoms with Gasteiger partial charge in [0.15, 0.2) is 0 Å². The zero-order chi connectivity index (χ0) is 12.7. The lowest BCUT2D eigenvalue weighted by Crippen LogP contribution is -2.55. The van der Waals surface area contributed by atoms with Gasteiger partial charge in [0.05, 0.1) is 5.60 Å². The first kappa shape index (κ1) is 15.0. The molecule has 1 fully saturated rings. The molecule has 0 saturated heterocycles. The van der Waals surface area contributed by atoms with E-state index in [4.69, 9.17) is 4.74 Å². The number of methoxy groups -OCH3 is 1. The Bertz CT molecular complexity index is 197. The zero-order valence-corrected chi connectivity index (χ0v) is 12.2. The Morgan fingerprint density at radius 2 is 1.71 bits per heavy atom. The molecule has 0 bridgehead atoms. The van der Waals surface area contributed by atoms with Crippen molar-refractivity contribution in [3.63, 3.8) is 0 Å². The number of rotatable bonds is 6. The molecule has 0 aromatic carbocycles. The second kappa shape index (κ2) is 7.38. The molecule has 0 spiro atoms. The first-order valence-electron chi connectivity index (χ1n) is 7.48. The molecule has 0 aliphatic heterocycles. The largest absolute Gasteiger partial charge is 0.377 e. The molecule has 1 saturated carbocycles. The van der Waals surface area contributed by atoms with Crippen LogP contribution in [0.2, 0.25) is 0 Å². The number of likely N-dealkylation sites (N-methyl/N-ethyl adjacent to an activating group) is 1. The molecule has 0 aromatic rings. The Morgan fingerprint density at radius 1 is 1.12 bits per heavy atom. The molecule has 2 nitrogen and oxygen atoms in total. The van der Waals surface area contributed by atoms with E-state index in [2.05, 4.69) is 26.1 Å². The van der Waals surface area contributed by atoms with Gasteiger partial charge in [-0.25, -0.2) is 0 Å². The van der Waals surface area contributed by atoms with Gasteiger partial charge in [0.25, 0.3) is 0 Å². The van der Waals surface area contributed by atoms with E-state index in [9.17, 15) is 0 Å². The molecule has 1 aliphatic rings. The SMILES string of the molecule is CCNC(C(C)CC)C1(OC)CCCCCC1. The summed E-state index contributed by atoms with van der Waals surface area (Å²) in [6.45, 7) is 7.89. The minimum absolute atomic E-state index is 0.0853. The van der Waals surface area contributed by atoms with Crippen molar-refractivity contribution < 1.29 is 4.74 Å². The van der Waals surface area contributed by atoms with Crippen LogP contribution in [-0.2, 0) is 4.74 Å². The fraction of sp³-hybridized carbons (Fsp3) is 1.00. The summed E-state index contributed by atoms with van der Waals surface area (Å²) in [4.78, 5) is 0. The lowest BCUT2D eigenvalue weighted by Gasteiger charge is -2.42. The van der Waals surface area contributed by atoms with Crippen molar-refractivity contribution in [1.29, 1.82) is 0 Å². The third kappa shape index (κ3) is 3.69. The smallest absolute Gasteiger partial charge is 0.0833 e. The van der Waals surface area contributed by atoms with E-state index in [1.807, 2.05) is 7.11 Å². The van der Waals surface area contributed by atoms with Crippen LogP contribution in [-0.4, -0.2) is 25.3 Å². The van der Waals surface area contributed by atoms with Crippen LogP contribution in [0.4, 0.5) is 0 Å². The van der Waals surface area contributed by atoms with Crippen LogP contribution in [0, 0.1) is 5.92 Å².